The first-order valence-electron chi connectivity index (χ1n) is 3.72. The molecular weight excluding hydrogens is 94.9 g/mol. The Kier molecular flexibility index (Phi) is 1.64. The molecule has 0 bridgehead atoms. The molecule has 0 N–H and O–H groups in total. The summed E-state index contributed by atoms with van der Waals surface area (Å²) >= 11 is 0. The van der Waals surface area contributed by atoms with Gasteiger partial charge in [0.2, 0.25) is 0 Å². The van der Waals surface area contributed by atoms with E-state index in [0.717, 1.165) is 18.4 Å². The molecule has 1 saturated heterocycles. The molecule has 1 fully saturated rings. The van der Waals surface area contributed by atoms with Gasteiger partial charge in [0, 0.05) is 0 Å². The second kappa shape index (κ2) is 2.12. The van der Waals surface area contributed by atoms with E-state index in [9.17, 15) is 0 Å². The lowest BCUT2D eigenvalue weighted by molar-refractivity contribution is 0.522. The Balaban J connectivity index is 2.26. The highest BCUT2D eigenvalue weighted by Gasteiger charge is 2.31. The van der Waals surface area contributed by atoms with Crippen molar-refractivity contribution >= 4 is 6.71 Å². The molecule has 1 heteroatoms. The minimum Gasteiger partial charge on any atom is -0.0859 e. The highest BCUT2D eigenvalue weighted by Crippen LogP contribution is 2.38. The second-order valence-corrected chi connectivity index (χ2v) is 3.46. The average molecular weight is 110 g/mol. The highest BCUT2D eigenvalue weighted by atomic mass is 14.2. The Morgan fingerprint density at radius 3 is 2.12 bits per heavy atom. The molecule has 0 radical (unpaired) electrons. The van der Waals surface area contributed by atoms with Gasteiger partial charge in [0.15, 0.2) is 0 Å². The van der Waals surface area contributed by atoms with Gasteiger partial charge in [0.05, 0.1) is 0 Å². The Labute approximate surface area is 52.7 Å². The maximum Gasteiger partial charge on any atom is 0.140 e. The zero-order valence-corrected chi connectivity index (χ0v) is 6.15. The molecule has 0 spiro atoms. The van der Waals surface area contributed by atoms with Crippen LogP contribution in [0.5, 0.6) is 0 Å². The Morgan fingerprint density at radius 2 is 2.12 bits per heavy atom. The van der Waals surface area contributed by atoms with E-state index in [1.54, 1.807) is 0 Å². The van der Waals surface area contributed by atoms with Crippen molar-refractivity contribution in [3.05, 3.63) is 0 Å². The summed E-state index contributed by atoms with van der Waals surface area (Å²) in [6.45, 7) is 8.06. The predicted molar refractivity (Wildman–Crippen MR) is 39.6 cm³/mol. The highest BCUT2D eigenvalue weighted by molar-refractivity contribution is 6.62. The van der Waals surface area contributed by atoms with Crippen LogP contribution in [0.3, 0.4) is 0 Å². The molecule has 0 aromatic heterocycles. The molecule has 0 saturated carbocycles. The fourth-order valence-corrected chi connectivity index (χ4v) is 1.68. The number of hydrogen-bond donors (Lipinski definition) is 0. The Hall–Kier alpha value is 0.0649. The lowest BCUT2D eigenvalue weighted by Gasteiger charge is -2.34. The molecule has 1 heterocycles. The molecular formula is C7H15B. The molecule has 8 heavy (non-hydrogen) atoms. The van der Waals surface area contributed by atoms with Crippen LogP contribution >= 0.6 is 0 Å². The van der Waals surface area contributed by atoms with Crippen molar-refractivity contribution in [1.29, 1.82) is 0 Å². The van der Waals surface area contributed by atoms with E-state index in [-0.39, 0.29) is 0 Å². The SMILES string of the molecule is CB1CCC1C(C)C. The first-order valence-corrected chi connectivity index (χ1v) is 3.72. The largest absolute Gasteiger partial charge is 0.140 e. The summed E-state index contributed by atoms with van der Waals surface area (Å²) in [5, 5.41) is 0. The maximum atomic E-state index is 2.37. The van der Waals surface area contributed by atoms with E-state index in [0.29, 0.717) is 0 Å². The number of rotatable bonds is 1. The van der Waals surface area contributed by atoms with Crippen molar-refractivity contribution in [2.24, 2.45) is 5.92 Å². The standard InChI is InChI=1S/C7H15B/c1-6(2)7-4-5-8(7)3/h6-7H,4-5H2,1-3H3. The molecule has 0 aromatic rings. The zero-order chi connectivity index (χ0) is 6.15. The Morgan fingerprint density at radius 1 is 1.50 bits per heavy atom. The van der Waals surface area contributed by atoms with Gasteiger partial charge in [0.1, 0.15) is 6.71 Å². The van der Waals surface area contributed by atoms with Crippen molar-refractivity contribution in [1.82, 2.24) is 0 Å². The summed E-state index contributed by atoms with van der Waals surface area (Å²) < 4.78 is 0. The second-order valence-electron chi connectivity index (χ2n) is 3.46. The molecule has 1 atom stereocenters. The number of hydrogen-bond acceptors (Lipinski definition) is 0. The first kappa shape index (κ1) is 6.19. The van der Waals surface area contributed by atoms with E-state index in [2.05, 4.69) is 20.7 Å². The van der Waals surface area contributed by atoms with Crippen LogP contribution in [0.15, 0.2) is 0 Å². The van der Waals surface area contributed by atoms with Crippen molar-refractivity contribution in [2.75, 3.05) is 0 Å². The third-order valence-electron chi connectivity index (χ3n) is 2.54. The van der Waals surface area contributed by atoms with Crippen LogP contribution in [0, 0.1) is 5.92 Å². The quantitative estimate of drug-likeness (QED) is 0.455. The molecule has 0 aromatic carbocycles. The molecule has 1 aliphatic rings. The van der Waals surface area contributed by atoms with Gasteiger partial charge in [-0.05, 0) is 0 Å². The molecule has 1 aliphatic heterocycles. The summed E-state index contributed by atoms with van der Waals surface area (Å²) in [5.41, 5.74) is 0. The van der Waals surface area contributed by atoms with Crippen LogP contribution < -0.4 is 0 Å². The first-order chi connectivity index (χ1) is 3.72. The van der Waals surface area contributed by atoms with Crippen molar-refractivity contribution in [3.63, 3.8) is 0 Å². The van der Waals surface area contributed by atoms with Crippen LogP contribution in [0.4, 0.5) is 0 Å². The predicted octanol–water partition coefficient (Wildman–Crippen LogP) is 2.54. The zero-order valence-electron chi connectivity index (χ0n) is 6.15. The monoisotopic (exact) mass is 110 g/mol. The summed E-state index contributed by atoms with van der Waals surface area (Å²) in [7, 11) is 0. The fourth-order valence-electron chi connectivity index (χ4n) is 1.68. The topological polar surface area (TPSA) is 0 Å². The van der Waals surface area contributed by atoms with E-state index in [4.69, 9.17) is 0 Å². The fraction of sp³-hybridized carbons (Fsp3) is 1.00. The minimum absolute atomic E-state index is 0.929. The van der Waals surface area contributed by atoms with Crippen LogP contribution in [0.25, 0.3) is 0 Å². The van der Waals surface area contributed by atoms with Crippen LogP contribution in [0.2, 0.25) is 19.0 Å². The minimum atomic E-state index is 0.929. The lowest BCUT2D eigenvalue weighted by Crippen LogP contribution is -2.30. The van der Waals surface area contributed by atoms with Gasteiger partial charge >= 0.3 is 0 Å². The van der Waals surface area contributed by atoms with Gasteiger partial charge in [-0.25, -0.2) is 0 Å². The van der Waals surface area contributed by atoms with E-state index in [1.165, 1.54) is 12.7 Å². The molecule has 0 nitrogen and oxygen atoms in total. The lowest BCUT2D eigenvalue weighted by atomic mass is 9.28. The van der Waals surface area contributed by atoms with Gasteiger partial charge in [-0.1, -0.05) is 45.1 Å². The van der Waals surface area contributed by atoms with E-state index >= 15 is 0 Å². The van der Waals surface area contributed by atoms with E-state index in [1.807, 2.05) is 0 Å². The summed E-state index contributed by atoms with van der Waals surface area (Å²) in [6, 6.07) is 0. The van der Waals surface area contributed by atoms with Crippen LogP contribution in [-0.4, -0.2) is 6.71 Å². The van der Waals surface area contributed by atoms with Crippen LogP contribution in [0.1, 0.15) is 20.3 Å². The van der Waals surface area contributed by atoms with Crippen molar-refractivity contribution in [3.8, 4) is 0 Å². The molecule has 1 unspecified atom stereocenters. The average Bonchev–Trinajstić information content (AvgIpc) is 1.61. The van der Waals surface area contributed by atoms with Gasteiger partial charge < -0.3 is 0 Å². The third-order valence-corrected chi connectivity index (χ3v) is 2.54. The molecule has 46 valence electrons. The maximum absolute atomic E-state index is 2.37. The third kappa shape index (κ3) is 0.912. The van der Waals surface area contributed by atoms with Crippen molar-refractivity contribution in [2.45, 2.75) is 39.2 Å². The van der Waals surface area contributed by atoms with Crippen LogP contribution in [-0.2, 0) is 0 Å². The van der Waals surface area contributed by atoms with Crippen molar-refractivity contribution < 1.29 is 0 Å². The Bertz CT molecular complexity index is 73.7. The van der Waals surface area contributed by atoms with Gasteiger partial charge in [-0.3, -0.25) is 0 Å². The molecule has 0 aliphatic carbocycles. The summed E-state index contributed by atoms with van der Waals surface area (Å²) in [5.74, 6) is 1.98. The summed E-state index contributed by atoms with van der Waals surface area (Å²) in [4.78, 5) is 0. The van der Waals surface area contributed by atoms with Gasteiger partial charge in [-0.15, -0.1) is 0 Å². The van der Waals surface area contributed by atoms with Gasteiger partial charge in [0.25, 0.3) is 0 Å². The molecule has 1 rings (SSSR count). The smallest absolute Gasteiger partial charge is 0.0859 e. The normalized spacial score (nSPS) is 28.5. The summed E-state index contributed by atoms with van der Waals surface area (Å²) in [6.07, 6.45) is 2.96. The van der Waals surface area contributed by atoms with Gasteiger partial charge in [-0.2, -0.15) is 0 Å². The van der Waals surface area contributed by atoms with E-state index < -0.39 is 0 Å². The molecule has 0 amide bonds.